The minimum Gasteiger partial charge on any atom is -0.481 e. The van der Waals surface area contributed by atoms with Crippen molar-refractivity contribution in [1.29, 1.82) is 0 Å². The van der Waals surface area contributed by atoms with Gasteiger partial charge in [-0.1, -0.05) is 12.8 Å². The van der Waals surface area contributed by atoms with Crippen LogP contribution < -0.4 is 5.32 Å². The highest BCUT2D eigenvalue weighted by atomic mass is 16.4. The second-order valence-electron chi connectivity index (χ2n) is 5.70. The number of hydrogen-bond donors (Lipinski definition) is 3. The Labute approximate surface area is 102 Å². The van der Waals surface area contributed by atoms with Crippen LogP contribution in [0.3, 0.4) is 0 Å². The lowest BCUT2D eigenvalue weighted by Gasteiger charge is -2.30. The van der Waals surface area contributed by atoms with Gasteiger partial charge in [-0.2, -0.15) is 0 Å². The summed E-state index contributed by atoms with van der Waals surface area (Å²) in [5, 5.41) is 22.5. The Morgan fingerprint density at radius 1 is 1.18 bits per heavy atom. The monoisotopic (exact) mass is 241 g/mol. The summed E-state index contributed by atoms with van der Waals surface area (Å²) < 4.78 is 0. The Bertz CT molecular complexity index is 266. The van der Waals surface area contributed by atoms with Crippen LogP contribution in [0.1, 0.15) is 51.4 Å². The molecule has 0 aliphatic heterocycles. The molecule has 0 spiro atoms. The van der Waals surface area contributed by atoms with Gasteiger partial charge in [-0.15, -0.1) is 0 Å². The Morgan fingerprint density at radius 2 is 1.76 bits per heavy atom. The van der Waals surface area contributed by atoms with E-state index in [0.717, 1.165) is 51.4 Å². The first kappa shape index (κ1) is 12.8. The third kappa shape index (κ3) is 3.42. The highest BCUT2D eigenvalue weighted by Crippen LogP contribution is 2.30. The summed E-state index contributed by atoms with van der Waals surface area (Å²) in [6, 6.07) is 0.398. The summed E-state index contributed by atoms with van der Waals surface area (Å²) in [5.74, 6) is -0.805. The third-order valence-corrected chi connectivity index (χ3v) is 4.33. The molecule has 0 radical (unpaired) electrons. The molecule has 0 atom stereocenters. The van der Waals surface area contributed by atoms with Gasteiger partial charge in [0.25, 0.3) is 0 Å². The van der Waals surface area contributed by atoms with E-state index in [0.29, 0.717) is 12.6 Å². The normalized spacial score (nSPS) is 32.5. The SMILES string of the molecule is O=C(O)C1CCC(NCC2(O)CCCC2)CC1. The fourth-order valence-electron chi connectivity index (χ4n) is 3.09. The number of carboxylic acids is 1. The standard InChI is InChI=1S/C13H23NO3/c15-12(16)10-3-5-11(6-4-10)14-9-13(17)7-1-2-8-13/h10-11,14,17H,1-9H2,(H,15,16). The van der Waals surface area contributed by atoms with Crippen molar-refractivity contribution in [3.8, 4) is 0 Å². The Hall–Kier alpha value is -0.610. The van der Waals surface area contributed by atoms with Gasteiger partial charge < -0.3 is 15.5 Å². The maximum atomic E-state index is 10.8. The maximum Gasteiger partial charge on any atom is 0.306 e. The van der Waals surface area contributed by atoms with Gasteiger partial charge in [0.15, 0.2) is 0 Å². The van der Waals surface area contributed by atoms with Crippen LogP contribution in [-0.4, -0.2) is 34.4 Å². The first-order valence-corrected chi connectivity index (χ1v) is 6.78. The summed E-state index contributed by atoms with van der Waals surface area (Å²) in [7, 11) is 0. The van der Waals surface area contributed by atoms with Crippen molar-refractivity contribution in [1.82, 2.24) is 5.32 Å². The molecule has 0 aromatic heterocycles. The molecule has 2 fully saturated rings. The van der Waals surface area contributed by atoms with Crippen LogP contribution in [-0.2, 0) is 4.79 Å². The summed E-state index contributed by atoms with van der Waals surface area (Å²) in [5.41, 5.74) is -0.496. The van der Waals surface area contributed by atoms with Gasteiger partial charge in [0, 0.05) is 12.6 Å². The zero-order valence-electron chi connectivity index (χ0n) is 10.3. The Kier molecular flexibility index (Phi) is 4.05. The van der Waals surface area contributed by atoms with E-state index in [1.807, 2.05) is 0 Å². The van der Waals surface area contributed by atoms with E-state index in [2.05, 4.69) is 5.32 Å². The molecule has 2 saturated carbocycles. The van der Waals surface area contributed by atoms with Gasteiger partial charge in [-0.05, 0) is 38.5 Å². The van der Waals surface area contributed by atoms with E-state index >= 15 is 0 Å². The van der Waals surface area contributed by atoms with Gasteiger partial charge in [0.1, 0.15) is 0 Å². The van der Waals surface area contributed by atoms with E-state index < -0.39 is 11.6 Å². The number of aliphatic hydroxyl groups is 1. The van der Waals surface area contributed by atoms with Gasteiger partial charge >= 0.3 is 5.97 Å². The lowest BCUT2D eigenvalue weighted by atomic mass is 9.86. The van der Waals surface area contributed by atoms with Crippen LogP contribution in [0.25, 0.3) is 0 Å². The number of rotatable bonds is 4. The van der Waals surface area contributed by atoms with Crippen molar-refractivity contribution in [3.05, 3.63) is 0 Å². The predicted molar refractivity (Wildman–Crippen MR) is 64.8 cm³/mol. The Morgan fingerprint density at radius 3 is 2.29 bits per heavy atom. The van der Waals surface area contributed by atoms with Crippen LogP contribution in [0.2, 0.25) is 0 Å². The smallest absolute Gasteiger partial charge is 0.306 e. The largest absolute Gasteiger partial charge is 0.481 e. The fraction of sp³-hybridized carbons (Fsp3) is 0.923. The highest BCUT2D eigenvalue weighted by Gasteiger charge is 2.32. The van der Waals surface area contributed by atoms with Crippen LogP contribution in [0.5, 0.6) is 0 Å². The second kappa shape index (κ2) is 5.36. The molecule has 2 rings (SSSR count). The minimum absolute atomic E-state index is 0.150. The molecule has 0 aromatic rings. The molecule has 4 nitrogen and oxygen atoms in total. The molecule has 0 unspecified atom stereocenters. The van der Waals surface area contributed by atoms with Crippen LogP contribution >= 0.6 is 0 Å². The molecule has 0 saturated heterocycles. The fourth-order valence-corrected chi connectivity index (χ4v) is 3.09. The van der Waals surface area contributed by atoms with Crippen LogP contribution in [0, 0.1) is 5.92 Å². The molecule has 0 bridgehead atoms. The number of hydrogen-bond acceptors (Lipinski definition) is 3. The zero-order chi connectivity index (χ0) is 12.3. The summed E-state index contributed by atoms with van der Waals surface area (Å²) >= 11 is 0. The van der Waals surface area contributed by atoms with Crippen molar-refractivity contribution >= 4 is 5.97 Å². The van der Waals surface area contributed by atoms with Crippen molar-refractivity contribution < 1.29 is 15.0 Å². The Balaban J connectivity index is 1.69. The maximum absolute atomic E-state index is 10.8. The van der Waals surface area contributed by atoms with E-state index in [4.69, 9.17) is 5.11 Å². The van der Waals surface area contributed by atoms with Crippen LogP contribution in [0.15, 0.2) is 0 Å². The van der Waals surface area contributed by atoms with Gasteiger partial charge in [-0.25, -0.2) is 0 Å². The molecular weight excluding hydrogens is 218 g/mol. The average Bonchev–Trinajstić information content (AvgIpc) is 2.75. The first-order chi connectivity index (χ1) is 8.09. The molecule has 0 aromatic carbocycles. The molecule has 98 valence electrons. The quantitative estimate of drug-likeness (QED) is 0.698. The molecule has 2 aliphatic carbocycles. The van der Waals surface area contributed by atoms with Crippen molar-refractivity contribution in [2.45, 2.75) is 63.0 Å². The van der Waals surface area contributed by atoms with Gasteiger partial charge in [-0.3, -0.25) is 4.79 Å². The number of nitrogens with one attached hydrogen (secondary N) is 1. The molecule has 0 amide bonds. The van der Waals surface area contributed by atoms with E-state index in [1.54, 1.807) is 0 Å². The van der Waals surface area contributed by atoms with E-state index in [-0.39, 0.29) is 5.92 Å². The van der Waals surface area contributed by atoms with E-state index in [1.165, 1.54) is 0 Å². The van der Waals surface area contributed by atoms with Gasteiger partial charge in [0.2, 0.25) is 0 Å². The van der Waals surface area contributed by atoms with E-state index in [9.17, 15) is 9.90 Å². The third-order valence-electron chi connectivity index (χ3n) is 4.33. The molecule has 17 heavy (non-hydrogen) atoms. The molecule has 0 heterocycles. The molecule has 4 heteroatoms. The number of aliphatic carboxylic acids is 1. The molecule has 3 N–H and O–H groups in total. The second-order valence-corrected chi connectivity index (χ2v) is 5.70. The predicted octanol–water partition coefficient (Wildman–Crippen LogP) is 1.52. The molecular formula is C13H23NO3. The first-order valence-electron chi connectivity index (χ1n) is 6.78. The lowest BCUT2D eigenvalue weighted by Crippen LogP contribution is -2.44. The highest BCUT2D eigenvalue weighted by molar-refractivity contribution is 5.70. The average molecular weight is 241 g/mol. The minimum atomic E-state index is -0.655. The molecule has 2 aliphatic rings. The topological polar surface area (TPSA) is 69.6 Å². The summed E-state index contributed by atoms with van der Waals surface area (Å²) in [6.07, 6.45) is 7.46. The lowest BCUT2D eigenvalue weighted by molar-refractivity contribution is -0.142. The van der Waals surface area contributed by atoms with Crippen molar-refractivity contribution in [2.75, 3.05) is 6.54 Å². The van der Waals surface area contributed by atoms with Crippen molar-refractivity contribution in [2.24, 2.45) is 5.92 Å². The summed E-state index contributed by atoms with van der Waals surface area (Å²) in [4.78, 5) is 10.8. The summed E-state index contributed by atoms with van der Waals surface area (Å²) in [6.45, 7) is 0.676. The van der Waals surface area contributed by atoms with Crippen LogP contribution in [0.4, 0.5) is 0 Å². The zero-order valence-corrected chi connectivity index (χ0v) is 10.3. The number of carbonyl (C=O) groups is 1. The van der Waals surface area contributed by atoms with Gasteiger partial charge in [0.05, 0.1) is 11.5 Å². The van der Waals surface area contributed by atoms with Crippen molar-refractivity contribution in [3.63, 3.8) is 0 Å². The number of carboxylic acid groups (broad SMARTS) is 1.